The van der Waals surface area contributed by atoms with Crippen LogP contribution in [0.3, 0.4) is 0 Å². The summed E-state index contributed by atoms with van der Waals surface area (Å²) in [6.07, 6.45) is 0.271. The second kappa shape index (κ2) is 5.10. The number of rotatable bonds is 2. The van der Waals surface area contributed by atoms with Crippen molar-refractivity contribution in [3.05, 3.63) is 28.3 Å². The minimum Gasteiger partial charge on any atom is -0.534 e. The van der Waals surface area contributed by atoms with Gasteiger partial charge in [-0.3, -0.25) is 4.79 Å². The Kier molecular flexibility index (Phi) is 3.68. The first kappa shape index (κ1) is 13.7. The Morgan fingerprint density at radius 1 is 1.53 bits per heavy atom. The molecule has 1 aromatic rings. The zero-order valence-corrected chi connectivity index (χ0v) is 10.8. The zero-order valence-electron chi connectivity index (χ0n) is 10.0. The van der Waals surface area contributed by atoms with E-state index in [-0.39, 0.29) is 28.7 Å². The molecule has 1 aliphatic rings. The maximum absolute atomic E-state index is 11.1. The Hall–Kier alpha value is -1.73. The third-order valence-electron chi connectivity index (χ3n) is 2.81. The highest BCUT2D eigenvalue weighted by atomic mass is 35.5. The van der Waals surface area contributed by atoms with Gasteiger partial charge in [0.25, 0.3) is 0 Å². The molecule has 0 bridgehead atoms. The van der Waals surface area contributed by atoms with E-state index in [1.807, 2.05) is 0 Å². The van der Waals surface area contributed by atoms with E-state index in [1.54, 1.807) is 6.07 Å². The van der Waals surface area contributed by atoms with Crippen LogP contribution in [0.2, 0.25) is 5.02 Å². The largest absolute Gasteiger partial charge is 0.547 e. The van der Waals surface area contributed by atoms with Crippen molar-refractivity contribution < 1.29 is 24.4 Å². The molecule has 100 valence electrons. The summed E-state index contributed by atoms with van der Waals surface area (Å²) >= 11 is 5.81. The highest BCUT2D eigenvalue weighted by molar-refractivity contribution is 6.47. The molecular weight excluding hydrogens is 272 g/mol. The van der Waals surface area contributed by atoms with Crippen molar-refractivity contribution in [1.82, 2.24) is 5.32 Å². The van der Waals surface area contributed by atoms with Crippen LogP contribution >= 0.6 is 11.6 Å². The molecule has 2 rings (SSSR count). The van der Waals surface area contributed by atoms with Gasteiger partial charge in [-0.2, -0.15) is 0 Å². The van der Waals surface area contributed by atoms with E-state index in [0.717, 1.165) is 0 Å². The smallest absolute Gasteiger partial charge is 0.534 e. The fourth-order valence-corrected chi connectivity index (χ4v) is 2.25. The van der Waals surface area contributed by atoms with Gasteiger partial charge in [-0.1, -0.05) is 17.7 Å². The van der Waals surface area contributed by atoms with Gasteiger partial charge >= 0.3 is 13.1 Å². The molecule has 0 aromatic heterocycles. The maximum atomic E-state index is 11.1. The Bertz CT molecular complexity index is 550. The van der Waals surface area contributed by atoms with E-state index in [2.05, 4.69) is 5.32 Å². The lowest BCUT2D eigenvalue weighted by molar-refractivity contribution is -0.119. The molecule has 19 heavy (non-hydrogen) atoms. The Balaban J connectivity index is 2.40. The quantitative estimate of drug-likeness (QED) is 0.687. The van der Waals surface area contributed by atoms with Crippen LogP contribution in [-0.4, -0.2) is 35.1 Å². The van der Waals surface area contributed by atoms with E-state index in [0.29, 0.717) is 5.56 Å². The third-order valence-corrected chi connectivity index (χ3v) is 3.13. The number of aromatic carboxylic acids is 1. The minimum atomic E-state index is -1.31. The van der Waals surface area contributed by atoms with Crippen LogP contribution in [0.5, 0.6) is 5.75 Å². The Morgan fingerprint density at radius 2 is 2.21 bits per heavy atom. The second-order valence-electron chi connectivity index (χ2n) is 4.24. The molecule has 1 atom stereocenters. The summed E-state index contributed by atoms with van der Waals surface area (Å²) in [4.78, 5) is 22.1. The van der Waals surface area contributed by atoms with Gasteiger partial charge in [0.05, 0.1) is 11.0 Å². The standard InChI is InChI=1S/C11H11BClNO5/c1-5(15)14-8-4-6-2-3-7(13)9(11(16)17)10(6)19-12(8)18/h2-3,8,18H,4H2,1H3,(H,14,15)(H,16,17)/t8-/m0/s1. The summed E-state index contributed by atoms with van der Waals surface area (Å²) in [5.74, 6) is -2.10. The third kappa shape index (κ3) is 2.67. The first-order valence-corrected chi connectivity index (χ1v) is 5.94. The molecule has 6 nitrogen and oxygen atoms in total. The Morgan fingerprint density at radius 3 is 2.79 bits per heavy atom. The molecular formula is C11H11BClNO5. The van der Waals surface area contributed by atoms with Gasteiger partial charge in [-0.15, -0.1) is 0 Å². The monoisotopic (exact) mass is 283 g/mol. The van der Waals surface area contributed by atoms with Crippen LogP contribution < -0.4 is 9.97 Å². The van der Waals surface area contributed by atoms with Gasteiger partial charge in [0, 0.05) is 6.92 Å². The van der Waals surface area contributed by atoms with Crippen LogP contribution in [-0.2, 0) is 11.2 Å². The van der Waals surface area contributed by atoms with Crippen LogP contribution in [0.4, 0.5) is 0 Å². The van der Waals surface area contributed by atoms with Gasteiger partial charge in [0.2, 0.25) is 5.91 Å². The Labute approximate surface area is 114 Å². The molecule has 0 saturated heterocycles. The van der Waals surface area contributed by atoms with Crippen LogP contribution in [0, 0.1) is 0 Å². The van der Waals surface area contributed by atoms with E-state index in [4.69, 9.17) is 21.4 Å². The summed E-state index contributed by atoms with van der Waals surface area (Å²) < 4.78 is 5.19. The molecule has 1 heterocycles. The van der Waals surface area contributed by atoms with Gasteiger partial charge in [0.1, 0.15) is 11.3 Å². The molecule has 1 amide bonds. The van der Waals surface area contributed by atoms with Crippen LogP contribution in [0.15, 0.2) is 12.1 Å². The molecule has 0 aliphatic carbocycles. The highest BCUT2D eigenvalue weighted by Crippen LogP contribution is 2.34. The lowest BCUT2D eigenvalue weighted by Gasteiger charge is -2.28. The van der Waals surface area contributed by atoms with E-state index >= 15 is 0 Å². The highest BCUT2D eigenvalue weighted by Gasteiger charge is 2.37. The number of fused-ring (bicyclic) bond motifs is 1. The van der Waals surface area contributed by atoms with E-state index in [9.17, 15) is 14.6 Å². The number of hydrogen-bond donors (Lipinski definition) is 3. The van der Waals surface area contributed by atoms with Gasteiger partial charge in [0.15, 0.2) is 0 Å². The molecule has 0 saturated carbocycles. The molecule has 0 unspecified atom stereocenters. The SMILES string of the molecule is CC(=O)N[C@H]1Cc2ccc(Cl)c(C(=O)O)c2OB1O. The fourth-order valence-electron chi connectivity index (χ4n) is 2.02. The van der Waals surface area contributed by atoms with Crippen molar-refractivity contribution in [2.24, 2.45) is 0 Å². The molecule has 8 heteroatoms. The van der Waals surface area contributed by atoms with Gasteiger partial charge in [-0.05, 0) is 18.1 Å². The number of halogens is 1. The number of amides is 1. The summed E-state index contributed by atoms with van der Waals surface area (Å²) in [6.45, 7) is 1.33. The molecule has 1 aliphatic heterocycles. The summed E-state index contributed by atoms with van der Waals surface area (Å²) in [5, 5.41) is 21.5. The minimum absolute atomic E-state index is 0.0384. The molecule has 0 radical (unpaired) electrons. The van der Waals surface area contributed by atoms with E-state index in [1.165, 1.54) is 13.0 Å². The fraction of sp³-hybridized carbons (Fsp3) is 0.273. The van der Waals surface area contributed by atoms with Crippen molar-refractivity contribution in [2.45, 2.75) is 19.3 Å². The number of carboxylic acids is 1. The van der Waals surface area contributed by atoms with Crippen LogP contribution in [0.25, 0.3) is 0 Å². The molecule has 1 aromatic carbocycles. The average molecular weight is 283 g/mol. The van der Waals surface area contributed by atoms with Crippen LogP contribution in [0.1, 0.15) is 22.8 Å². The first-order chi connectivity index (χ1) is 8.90. The molecule has 3 N–H and O–H groups in total. The lowest BCUT2D eigenvalue weighted by atomic mass is 9.72. The average Bonchev–Trinajstić information content (AvgIpc) is 2.29. The van der Waals surface area contributed by atoms with Crippen molar-refractivity contribution in [2.75, 3.05) is 0 Å². The summed E-state index contributed by atoms with van der Waals surface area (Å²) in [7, 11) is -1.31. The van der Waals surface area contributed by atoms with Crippen molar-refractivity contribution in [1.29, 1.82) is 0 Å². The summed E-state index contributed by atoms with van der Waals surface area (Å²) in [5.41, 5.74) is 0.394. The lowest BCUT2D eigenvalue weighted by Crippen LogP contribution is -2.52. The molecule has 0 spiro atoms. The number of hydrogen-bond acceptors (Lipinski definition) is 4. The van der Waals surface area contributed by atoms with E-state index < -0.39 is 19.0 Å². The number of carboxylic acid groups (broad SMARTS) is 1. The van der Waals surface area contributed by atoms with Crippen molar-refractivity contribution >= 4 is 30.6 Å². The van der Waals surface area contributed by atoms with Gasteiger partial charge < -0.3 is 20.1 Å². The van der Waals surface area contributed by atoms with Gasteiger partial charge in [-0.25, -0.2) is 4.79 Å². The zero-order chi connectivity index (χ0) is 14.2. The normalized spacial score (nSPS) is 17.4. The summed E-state index contributed by atoms with van der Waals surface area (Å²) in [6, 6.07) is 3.07. The molecule has 0 fully saturated rings. The number of benzene rings is 1. The maximum Gasteiger partial charge on any atom is 0.547 e. The predicted octanol–water partition coefficient (Wildman–Crippen LogP) is 0.497. The predicted molar refractivity (Wildman–Crippen MR) is 68.3 cm³/mol. The van der Waals surface area contributed by atoms with Crippen molar-refractivity contribution in [3.8, 4) is 5.75 Å². The second-order valence-corrected chi connectivity index (χ2v) is 4.64. The topological polar surface area (TPSA) is 95.9 Å². The number of carbonyl (C=O) groups is 2. The number of carbonyl (C=O) groups excluding carboxylic acids is 1. The van der Waals surface area contributed by atoms with Crippen molar-refractivity contribution in [3.63, 3.8) is 0 Å². The number of nitrogens with one attached hydrogen (secondary N) is 1. The first-order valence-electron chi connectivity index (χ1n) is 5.56.